The van der Waals surface area contributed by atoms with E-state index in [1.807, 2.05) is 49.4 Å². The standard InChI is InChI=1S/C17H21N3O3/c1-2-22-15-7-5-8-16(12-15)23-11-10-19-17(21)20-13-14-6-3-4-9-18-14/h3-9,12H,2,10-11,13H2,1H3,(H2,19,20,21). The van der Waals surface area contributed by atoms with Gasteiger partial charge in [-0.3, -0.25) is 4.98 Å². The lowest BCUT2D eigenvalue weighted by atomic mass is 10.3. The van der Waals surface area contributed by atoms with Crippen LogP contribution in [0.25, 0.3) is 0 Å². The van der Waals surface area contributed by atoms with Crippen LogP contribution >= 0.6 is 0 Å². The molecule has 0 unspecified atom stereocenters. The molecule has 0 aliphatic rings. The van der Waals surface area contributed by atoms with E-state index in [1.54, 1.807) is 6.20 Å². The van der Waals surface area contributed by atoms with Crippen LogP contribution in [0.2, 0.25) is 0 Å². The van der Waals surface area contributed by atoms with E-state index in [4.69, 9.17) is 9.47 Å². The molecule has 2 N–H and O–H groups in total. The number of urea groups is 1. The number of carbonyl (C=O) groups excluding carboxylic acids is 1. The Balaban J connectivity index is 1.63. The van der Waals surface area contributed by atoms with Gasteiger partial charge in [0.2, 0.25) is 0 Å². The number of hydrogen-bond donors (Lipinski definition) is 2. The van der Waals surface area contributed by atoms with Crippen molar-refractivity contribution in [2.24, 2.45) is 0 Å². The van der Waals surface area contributed by atoms with Crippen LogP contribution in [0, 0.1) is 0 Å². The van der Waals surface area contributed by atoms with Crippen LogP contribution in [-0.2, 0) is 6.54 Å². The molecule has 0 spiro atoms. The fraction of sp³-hybridized carbons (Fsp3) is 0.294. The molecule has 0 atom stereocenters. The Morgan fingerprint density at radius 1 is 1.09 bits per heavy atom. The van der Waals surface area contributed by atoms with Gasteiger partial charge in [0, 0.05) is 12.3 Å². The van der Waals surface area contributed by atoms with Gasteiger partial charge in [0.25, 0.3) is 0 Å². The van der Waals surface area contributed by atoms with E-state index in [1.165, 1.54) is 0 Å². The first-order valence-electron chi connectivity index (χ1n) is 7.55. The first kappa shape index (κ1) is 16.6. The number of nitrogens with zero attached hydrogens (tertiary/aromatic N) is 1. The largest absolute Gasteiger partial charge is 0.494 e. The molecular weight excluding hydrogens is 294 g/mol. The summed E-state index contributed by atoms with van der Waals surface area (Å²) in [4.78, 5) is 15.8. The van der Waals surface area contributed by atoms with E-state index in [0.29, 0.717) is 32.1 Å². The number of ether oxygens (including phenoxy) is 2. The molecule has 0 saturated heterocycles. The smallest absolute Gasteiger partial charge is 0.315 e. The average Bonchev–Trinajstić information content (AvgIpc) is 2.58. The van der Waals surface area contributed by atoms with Crippen molar-refractivity contribution in [3.8, 4) is 11.5 Å². The maximum atomic E-state index is 11.6. The van der Waals surface area contributed by atoms with E-state index in [2.05, 4.69) is 15.6 Å². The second kappa shape index (κ2) is 9.30. The van der Waals surface area contributed by atoms with Gasteiger partial charge in [-0.1, -0.05) is 12.1 Å². The zero-order valence-corrected chi connectivity index (χ0v) is 13.1. The summed E-state index contributed by atoms with van der Waals surface area (Å²) < 4.78 is 11.0. The normalized spacial score (nSPS) is 9.96. The first-order chi connectivity index (χ1) is 11.3. The van der Waals surface area contributed by atoms with Gasteiger partial charge in [-0.05, 0) is 31.2 Å². The third-order valence-electron chi connectivity index (χ3n) is 2.93. The van der Waals surface area contributed by atoms with Gasteiger partial charge in [0.1, 0.15) is 18.1 Å². The van der Waals surface area contributed by atoms with Crippen molar-refractivity contribution >= 4 is 6.03 Å². The van der Waals surface area contributed by atoms with Gasteiger partial charge >= 0.3 is 6.03 Å². The third-order valence-corrected chi connectivity index (χ3v) is 2.93. The Morgan fingerprint density at radius 2 is 1.91 bits per heavy atom. The minimum atomic E-state index is -0.248. The lowest BCUT2D eigenvalue weighted by molar-refractivity contribution is 0.236. The Labute approximate surface area is 135 Å². The summed E-state index contributed by atoms with van der Waals surface area (Å²) in [6.45, 7) is 3.73. The van der Waals surface area contributed by atoms with Gasteiger partial charge in [0.15, 0.2) is 0 Å². The lowest BCUT2D eigenvalue weighted by Gasteiger charge is -2.10. The number of benzene rings is 1. The molecule has 2 amide bonds. The highest BCUT2D eigenvalue weighted by Crippen LogP contribution is 2.18. The van der Waals surface area contributed by atoms with E-state index in [-0.39, 0.29) is 6.03 Å². The monoisotopic (exact) mass is 315 g/mol. The Morgan fingerprint density at radius 3 is 2.65 bits per heavy atom. The molecule has 2 rings (SSSR count). The maximum absolute atomic E-state index is 11.6. The van der Waals surface area contributed by atoms with E-state index >= 15 is 0 Å². The minimum Gasteiger partial charge on any atom is -0.494 e. The van der Waals surface area contributed by atoms with E-state index < -0.39 is 0 Å². The molecule has 0 bridgehead atoms. The highest BCUT2D eigenvalue weighted by molar-refractivity contribution is 5.73. The molecule has 2 aromatic rings. The van der Waals surface area contributed by atoms with Crippen LogP contribution < -0.4 is 20.1 Å². The molecule has 0 fully saturated rings. The van der Waals surface area contributed by atoms with Gasteiger partial charge in [-0.2, -0.15) is 0 Å². The van der Waals surface area contributed by atoms with Crippen molar-refractivity contribution in [2.75, 3.05) is 19.8 Å². The van der Waals surface area contributed by atoms with E-state index in [0.717, 1.165) is 11.4 Å². The highest BCUT2D eigenvalue weighted by atomic mass is 16.5. The summed E-state index contributed by atoms with van der Waals surface area (Å²) in [7, 11) is 0. The van der Waals surface area contributed by atoms with Crippen LogP contribution in [0.4, 0.5) is 4.79 Å². The zero-order valence-electron chi connectivity index (χ0n) is 13.1. The minimum absolute atomic E-state index is 0.248. The van der Waals surface area contributed by atoms with Crippen LogP contribution in [0.1, 0.15) is 12.6 Å². The van der Waals surface area contributed by atoms with Crippen LogP contribution in [-0.4, -0.2) is 30.8 Å². The fourth-order valence-corrected chi connectivity index (χ4v) is 1.89. The molecule has 0 aliphatic carbocycles. The van der Waals surface area contributed by atoms with Gasteiger partial charge in [0.05, 0.1) is 25.4 Å². The lowest BCUT2D eigenvalue weighted by Crippen LogP contribution is -2.37. The summed E-state index contributed by atoms with van der Waals surface area (Å²) in [6, 6.07) is 12.7. The second-order valence-electron chi connectivity index (χ2n) is 4.69. The van der Waals surface area contributed by atoms with E-state index in [9.17, 15) is 4.79 Å². The highest BCUT2D eigenvalue weighted by Gasteiger charge is 2.01. The predicted molar refractivity (Wildman–Crippen MR) is 87.6 cm³/mol. The molecule has 0 radical (unpaired) electrons. The van der Waals surface area contributed by atoms with Crippen molar-refractivity contribution in [1.29, 1.82) is 0 Å². The van der Waals surface area contributed by atoms with Gasteiger partial charge < -0.3 is 20.1 Å². The number of pyridine rings is 1. The summed E-state index contributed by atoms with van der Waals surface area (Å²) >= 11 is 0. The van der Waals surface area contributed by atoms with Crippen molar-refractivity contribution in [2.45, 2.75) is 13.5 Å². The molecule has 1 heterocycles. The number of amides is 2. The van der Waals surface area contributed by atoms with Crippen molar-refractivity contribution in [1.82, 2.24) is 15.6 Å². The van der Waals surface area contributed by atoms with Crippen LogP contribution in [0.5, 0.6) is 11.5 Å². The Kier molecular flexibility index (Phi) is 6.71. The molecule has 1 aromatic heterocycles. The number of carbonyl (C=O) groups is 1. The van der Waals surface area contributed by atoms with Crippen LogP contribution in [0.3, 0.4) is 0 Å². The van der Waals surface area contributed by atoms with Gasteiger partial charge in [-0.25, -0.2) is 4.79 Å². The fourth-order valence-electron chi connectivity index (χ4n) is 1.89. The average molecular weight is 315 g/mol. The quantitative estimate of drug-likeness (QED) is 0.734. The molecular formula is C17H21N3O3. The topological polar surface area (TPSA) is 72.5 Å². The predicted octanol–water partition coefficient (Wildman–Crippen LogP) is 2.36. The zero-order chi connectivity index (χ0) is 16.3. The number of aromatic nitrogens is 1. The Bertz CT molecular complexity index is 605. The third kappa shape index (κ3) is 6.25. The van der Waals surface area contributed by atoms with Crippen molar-refractivity contribution in [3.63, 3.8) is 0 Å². The molecule has 0 aliphatic heterocycles. The van der Waals surface area contributed by atoms with Crippen molar-refractivity contribution < 1.29 is 14.3 Å². The molecule has 122 valence electrons. The number of rotatable bonds is 8. The van der Waals surface area contributed by atoms with Crippen LogP contribution in [0.15, 0.2) is 48.7 Å². The summed E-state index contributed by atoms with van der Waals surface area (Å²) in [5, 5.41) is 5.46. The number of hydrogen-bond acceptors (Lipinski definition) is 4. The van der Waals surface area contributed by atoms with Gasteiger partial charge in [-0.15, -0.1) is 0 Å². The Hall–Kier alpha value is -2.76. The molecule has 6 nitrogen and oxygen atoms in total. The molecule has 23 heavy (non-hydrogen) atoms. The molecule has 1 aromatic carbocycles. The SMILES string of the molecule is CCOc1cccc(OCCNC(=O)NCc2ccccn2)c1. The summed E-state index contributed by atoms with van der Waals surface area (Å²) in [5.41, 5.74) is 0.812. The maximum Gasteiger partial charge on any atom is 0.315 e. The first-order valence-corrected chi connectivity index (χ1v) is 7.55. The molecule has 0 saturated carbocycles. The second-order valence-corrected chi connectivity index (χ2v) is 4.69. The van der Waals surface area contributed by atoms with Crippen molar-refractivity contribution in [3.05, 3.63) is 54.4 Å². The summed E-state index contributed by atoms with van der Waals surface area (Å²) in [6.07, 6.45) is 1.69. The number of nitrogens with one attached hydrogen (secondary N) is 2. The molecule has 6 heteroatoms. The summed E-state index contributed by atoms with van der Waals surface area (Å²) in [5.74, 6) is 1.48.